The summed E-state index contributed by atoms with van der Waals surface area (Å²) in [6.45, 7) is 2.32. The van der Waals surface area contributed by atoms with Gasteiger partial charge in [0.05, 0.1) is 29.4 Å². The Morgan fingerprint density at radius 2 is 1.97 bits per heavy atom. The number of aromatic amines is 1. The summed E-state index contributed by atoms with van der Waals surface area (Å²) < 4.78 is 4.83. The van der Waals surface area contributed by atoms with Crippen LogP contribution >= 0.6 is 0 Å². The zero-order valence-electron chi connectivity index (χ0n) is 17.0. The number of urea groups is 1. The smallest absolute Gasteiger partial charge is 0.337 e. The predicted molar refractivity (Wildman–Crippen MR) is 123 cm³/mol. The third-order valence-corrected chi connectivity index (χ3v) is 4.61. The van der Waals surface area contributed by atoms with Gasteiger partial charge in [0.25, 0.3) is 0 Å². The van der Waals surface area contributed by atoms with Gasteiger partial charge in [-0.1, -0.05) is 13.5 Å². The van der Waals surface area contributed by atoms with Crippen LogP contribution in [0.1, 0.15) is 24.7 Å². The Morgan fingerprint density at radius 1 is 1.12 bits per heavy atom. The van der Waals surface area contributed by atoms with Gasteiger partial charge < -0.3 is 15.0 Å². The molecule has 4 aromatic rings. The molecule has 32 heavy (non-hydrogen) atoms. The topological polar surface area (TPSA) is 122 Å². The predicted octanol–water partition coefficient (Wildman–Crippen LogP) is 4.25. The number of nitrogens with one attached hydrogen (secondary N) is 3. The van der Waals surface area contributed by atoms with Crippen molar-refractivity contribution >= 4 is 29.0 Å². The number of amides is 2. The van der Waals surface area contributed by atoms with Crippen molar-refractivity contribution in [3.63, 3.8) is 0 Å². The monoisotopic (exact) mass is 432 g/mol. The number of methoxy groups -OCH3 is 1. The maximum atomic E-state index is 12.0. The van der Waals surface area contributed by atoms with Crippen LogP contribution in [0.2, 0.25) is 0 Å². The van der Waals surface area contributed by atoms with Crippen LogP contribution in [0.4, 0.5) is 10.7 Å². The van der Waals surface area contributed by atoms with E-state index in [2.05, 4.69) is 30.6 Å². The lowest BCUT2D eigenvalue weighted by Crippen LogP contribution is -2.28. The second-order valence-electron chi connectivity index (χ2n) is 6.65. The van der Waals surface area contributed by atoms with Gasteiger partial charge in [-0.3, -0.25) is 15.3 Å². The highest BCUT2D eigenvalue weighted by atomic mass is 16.5. The summed E-state index contributed by atoms with van der Waals surface area (Å²) >= 11 is 0. The molecule has 9 heteroatoms. The molecule has 2 amide bonds. The van der Waals surface area contributed by atoms with Gasteiger partial charge in [-0.15, -0.1) is 0 Å². The first kappa shape index (κ1) is 22.4. The summed E-state index contributed by atoms with van der Waals surface area (Å²) in [6.07, 6.45) is 5.01. The van der Waals surface area contributed by atoms with E-state index in [1.54, 1.807) is 30.7 Å². The molecule has 0 atom stereocenters. The van der Waals surface area contributed by atoms with E-state index >= 15 is 0 Å². The first-order chi connectivity index (χ1) is 15.1. The quantitative estimate of drug-likeness (QED) is 0.405. The number of carbonyl (C=O) groups is 2. The van der Waals surface area contributed by atoms with E-state index in [9.17, 15) is 9.59 Å². The molecule has 0 unspecified atom stereocenters. The van der Waals surface area contributed by atoms with E-state index < -0.39 is 5.97 Å². The van der Waals surface area contributed by atoms with Crippen molar-refractivity contribution in [1.82, 2.24) is 25.3 Å². The molecule has 3 aromatic heterocycles. The van der Waals surface area contributed by atoms with Crippen molar-refractivity contribution in [3.05, 3.63) is 60.6 Å². The molecular formula is C23H24N6O3. The van der Waals surface area contributed by atoms with Crippen molar-refractivity contribution in [2.24, 2.45) is 0 Å². The minimum Gasteiger partial charge on any atom is -0.465 e. The number of benzene rings is 1. The van der Waals surface area contributed by atoms with E-state index in [1.165, 1.54) is 7.11 Å². The molecule has 0 aliphatic carbocycles. The summed E-state index contributed by atoms with van der Waals surface area (Å²) in [5.41, 5.74) is 4.72. The molecule has 9 nitrogen and oxygen atoms in total. The van der Waals surface area contributed by atoms with Crippen LogP contribution in [0.15, 0.2) is 55.0 Å². The molecule has 0 spiro atoms. The number of imidazole rings is 1. The highest BCUT2D eigenvalue weighted by molar-refractivity contribution is 5.99. The molecule has 0 saturated carbocycles. The van der Waals surface area contributed by atoms with Crippen molar-refractivity contribution < 1.29 is 14.3 Å². The normalized spacial score (nSPS) is 10.3. The number of fused-ring (bicyclic) bond motifs is 1. The highest BCUT2D eigenvalue weighted by Gasteiger charge is 2.16. The Bertz CT molecular complexity index is 1250. The minimum absolute atomic E-state index is 0. The van der Waals surface area contributed by atoms with Crippen LogP contribution in [0.25, 0.3) is 33.4 Å². The fourth-order valence-corrected chi connectivity index (χ4v) is 3.21. The Kier molecular flexibility index (Phi) is 6.79. The van der Waals surface area contributed by atoms with Gasteiger partial charge in [0, 0.05) is 36.3 Å². The van der Waals surface area contributed by atoms with Crippen molar-refractivity contribution in [1.29, 1.82) is 0 Å². The van der Waals surface area contributed by atoms with Gasteiger partial charge in [0.15, 0.2) is 0 Å². The summed E-state index contributed by atoms with van der Waals surface area (Å²) in [4.78, 5) is 40.2. The molecule has 0 aliphatic heterocycles. The van der Waals surface area contributed by atoms with Crippen LogP contribution in [0.3, 0.4) is 0 Å². The maximum Gasteiger partial charge on any atom is 0.337 e. The molecular weight excluding hydrogens is 408 g/mol. The lowest BCUT2D eigenvalue weighted by molar-refractivity contribution is 0.0600. The van der Waals surface area contributed by atoms with Crippen molar-refractivity contribution in [2.45, 2.75) is 14.4 Å². The fraction of sp³-hybridized carbons (Fsp3) is 0.174. The third kappa shape index (κ3) is 4.56. The standard InChI is InChI=1S/C22H20N6O3.CH4/c1-3-24-22(30)28-21-26-18-11-15(14-5-4-7-23-12-14)9-16(19(18)27-21)17-10-13(6-8-25-17)20(29)31-2;/h4-12H,3H2,1-2H3,(H3,24,26,27,28,30);1H4. The molecule has 3 heterocycles. The zero-order valence-corrected chi connectivity index (χ0v) is 17.0. The van der Waals surface area contributed by atoms with Gasteiger partial charge in [0.2, 0.25) is 5.95 Å². The fourth-order valence-electron chi connectivity index (χ4n) is 3.21. The molecule has 0 radical (unpaired) electrons. The van der Waals surface area contributed by atoms with Gasteiger partial charge in [-0.25, -0.2) is 14.6 Å². The molecule has 4 rings (SSSR count). The van der Waals surface area contributed by atoms with Crippen LogP contribution in [-0.4, -0.2) is 45.6 Å². The molecule has 0 aliphatic rings. The molecule has 0 bridgehead atoms. The lowest BCUT2D eigenvalue weighted by Gasteiger charge is -2.08. The van der Waals surface area contributed by atoms with Crippen LogP contribution < -0.4 is 10.6 Å². The largest absolute Gasteiger partial charge is 0.465 e. The molecule has 164 valence electrons. The van der Waals surface area contributed by atoms with E-state index in [0.29, 0.717) is 40.3 Å². The number of aromatic nitrogens is 4. The van der Waals surface area contributed by atoms with Gasteiger partial charge in [-0.05, 0) is 42.8 Å². The Balaban J connectivity index is 0.00000289. The van der Waals surface area contributed by atoms with Gasteiger partial charge >= 0.3 is 12.0 Å². The number of carbonyl (C=O) groups excluding carboxylic acids is 2. The van der Waals surface area contributed by atoms with E-state index in [-0.39, 0.29) is 13.5 Å². The number of rotatable bonds is 5. The Morgan fingerprint density at radius 3 is 2.69 bits per heavy atom. The average Bonchev–Trinajstić information content (AvgIpc) is 3.20. The van der Waals surface area contributed by atoms with Gasteiger partial charge in [0.1, 0.15) is 0 Å². The average molecular weight is 432 g/mol. The first-order valence-corrected chi connectivity index (χ1v) is 9.62. The van der Waals surface area contributed by atoms with Gasteiger partial charge in [-0.2, -0.15) is 0 Å². The summed E-state index contributed by atoms with van der Waals surface area (Å²) in [7, 11) is 1.33. The maximum absolute atomic E-state index is 12.0. The highest BCUT2D eigenvalue weighted by Crippen LogP contribution is 2.33. The molecule has 0 saturated heterocycles. The van der Waals surface area contributed by atoms with Crippen LogP contribution in [0.5, 0.6) is 0 Å². The summed E-state index contributed by atoms with van der Waals surface area (Å²) in [5.74, 6) is -0.154. The second kappa shape index (κ2) is 9.69. The third-order valence-electron chi connectivity index (χ3n) is 4.61. The minimum atomic E-state index is -0.455. The van der Waals surface area contributed by atoms with E-state index in [0.717, 1.165) is 11.1 Å². The molecule has 0 fully saturated rings. The summed E-state index contributed by atoms with van der Waals surface area (Å²) in [5, 5.41) is 5.35. The van der Waals surface area contributed by atoms with Crippen LogP contribution in [-0.2, 0) is 4.74 Å². The molecule has 3 N–H and O–H groups in total. The second-order valence-corrected chi connectivity index (χ2v) is 6.65. The van der Waals surface area contributed by atoms with Crippen LogP contribution in [0, 0.1) is 0 Å². The van der Waals surface area contributed by atoms with Crippen molar-refractivity contribution in [3.8, 4) is 22.4 Å². The Hall–Kier alpha value is -4.27. The van der Waals surface area contributed by atoms with E-state index in [1.807, 2.05) is 31.2 Å². The number of ether oxygens (including phenoxy) is 1. The number of hydrogen-bond donors (Lipinski definition) is 3. The zero-order chi connectivity index (χ0) is 21.8. The lowest BCUT2D eigenvalue weighted by atomic mass is 10.0. The van der Waals surface area contributed by atoms with Crippen molar-refractivity contribution in [2.75, 3.05) is 19.0 Å². The number of H-pyrrole nitrogens is 1. The number of pyridine rings is 2. The first-order valence-electron chi connectivity index (χ1n) is 9.62. The summed E-state index contributed by atoms with van der Waals surface area (Å²) in [6, 6.07) is 10.5. The Labute approximate surface area is 185 Å². The number of hydrogen-bond acceptors (Lipinski definition) is 6. The SMILES string of the molecule is C.CCNC(=O)Nc1nc2c(-c3cc(C(=O)OC)ccn3)cc(-c3cccnc3)cc2[nH]1. The number of esters is 1. The molecule has 1 aromatic carbocycles. The number of nitrogens with zero attached hydrogens (tertiary/aromatic N) is 3. The van der Waals surface area contributed by atoms with E-state index in [4.69, 9.17) is 4.74 Å². The number of anilines is 1.